The molecule has 5 aromatic heterocycles. The number of hydrogen-bond donors (Lipinski definition) is 0. The van der Waals surface area contributed by atoms with Crippen LogP contribution in [0.1, 0.15) is 148 Å². The van der Waals surface area contributed by atoms with Gasteiger partial charge in [0.1, 0.15) is 33.0 Å². The van der Waals surface area contributed by atoms with Gasteiger partial charge in [-0.25, -0.2) is 54.7 Å². The molecule has 0 saturated heterocycles. The van der Waals surface area contributed by atoms with Crippen LogP contribution < -0.4 is 52.1 Å². The minimum Gasteiger partial charge on any atom is -0.514 e. The summed E-state index contributed by atoms with van der Waals surface area (Å²) >= 11 is 0. The van der Waals surface area contributed by atoms with E-state index in [1.54, 1.807) is 73.7 Å². The summed E-state index contributed by atoms with van der Waals surface area (Å²) in [6.45, 7) is 5.49. The van der Waals surface area contributed by atoms with Crippen molar-refractivity contribution in [1.29, 1.82) is 0 Å². The molecule has 5 radical (unpaired) electrons. The maximum Gasteiger partial charge on any atom is 0.373 e. The van der Waals surface area contributed by atoms with Crippen molar-refractivity contribution in [3.63, 3.8) is 0 Å². The van der Waals surface area contributed by atoms with Crippen molar-refractivity contribution in [1.82, 2.24) is 99.0 Å². The molecule has 1 atom stereocenters. The topological polar surface area (TPSA) is 310 Å². The van der Waals surface area contributed by atoms with Gasteiger partial charge in [0.2, 0.25) is 0 Å². The van der Waals surface area contributed by atoms with Gasteiger partial charge in [-0.1, -0.05) is 118 Å². The smallest absolute Gasteiger partial charge is 0.373 e. The summed E-state index contributed by atoms with van der Waals surface area (Å²) in [6, 6.07) is 39.3. The Bertz CT molecular complexity index is 7410. The van der Waals surface area contributed by atoms with Gasteiger partial charge in [0.15, 0.2) is 0 Å². The zero-order valence-corrected chi connectivity index (χ0v) is 93.7. The van der Waals surface area contributed by atoms with Gasteiger partial charge in [-0.3, -0.25) is 0 Å². The number of benzene rings is 10. The number of rotatable bonds is 25. The van der Waals surface area contributed by atoms with Gasteiger partial charge in [0, 0.05) is 291 Å². The fourth-order valence-corrected chi connectivity index (χ4v) is 14.6. The molecule has 781 valence electrons. The summed E-state index contributed by atoms with van der Waals surface area (Å²) in [5, 5.41) is 36.9. The third kappa shape index (κ3) is 30.2. The van der Waals surface area contributed by atoms with E-state index in [2.05, 4.69) is 52.1 Å². The number of aryl methyl sites for hydroxylation is 7. The first kappa shape index (κ1) is 125. The van der Waals surface area contributed by atoms with Crippen molar-refractivity contribution < 1.29 is 284 Å². The quantitative estimate of drug-likeness (QED) is 0.0379. The molecule has 30 nitrogen and oxygen atoms in total. The summed E-state index contributed by atoms with van der Waals surface area (Å²) < 4.78 is 330. The molecule has 0 bridgehead atoms. The fraction of sp³-hybridized carbons (Fsp3) is 0.301. The van der Waals surface area contributed by atoms with E-state index in [0.717, 1.165) is 82.8 Å². The van der Waals surface area contributed by atoms with E-state index in [-0.39, 0.29) is 219 Å². The summed E-state index contributed by atoms with van der Waals surface area (Å²) in [5.74, 6) is -12.4. The maximum atomic E-state index is 13.8. The van der Waals surface area contributed by atoms with E-state index in [4.69, 9.17) is 23.7 Å². The first-order valence-electron chi connectivity index (χ1n) is 42.7. The van der Waals surface area contributed by atoms with Gasteiger partial charge in [0.25, 0.3) is 5.92 Å². The van der Waals surface area contributed by atoms with E-state index in [1.807, 2.05) is 57.2 Å². The molecule has 0 aliphatic heterocycles. The van der Waals surface area contributed by atoms with Crippen molar-refractivity contribution >= 4 is 0 Å². The Kier molecular flexibility index (Phi) is 43.2. The molecule has 0 N–H and O–H groups in total. The van der Waals surface area contributed by atoms with Crippen LogP contribution in [0.15, 0.2) is 176 Å². The van der Waals surface area contributed by atoms with Gasteiger partial charge < -0.3 is 23.7 Å². The molecule has 2 aliphatic rings. The second kappa shape index (κ2) is 52.0. The Morgan fingerprint density at radius 2 is 0.600 bits per heavy atom. The number of tetrazole rings is 5. The second-order valence-electron chi connectivity index (χ2n) is 32.4. The van der Waals surface area contributed by atoms with Crippen molar-refractivity contribution in [2.75, 3.05) is 0 Å². The Balaban J connectivity index is 0.000000226. The Labute approximate surface area is 959 Å². The van der Waals surface area contributed by atoms with E-state index in [1.165, 1.54) is 53.4 Å². The molecular weight excluding hydrogens is 2420 g/mol. The molecule has 2 aliphatic carbocycles. The molecule has 15 aromatic rings. The van der Waals surface area contributed by atoms with E-state index >= 15 is 0 Å². The zero-order chi connectivity index (χ0) is 106. The third-order valence-electron chi connectivity index (χ3n) is 22.1. The minimum absolute atomic E-state index is 0. The van der Waals surface area contributed by atoms with Gasteiger partial charge in [0.05, 0.1) is 34.4 Å². The minimum atomic E-state index is -4.85. The number of alkyl halides is 17. The molecule has 10 aromatic carbocycles. The molecule has 0 amide bonds. The number of aromatic nitrogens is 20. The molecule has 150 heavy (non-hydrogen) atoms. The van der Waals surface area contributed by atoms with Crippen LogP contribution >= 0.6 is 0 Å². The summed E-state index contributed by atoms with van der Waals surface area (Å²) in [7, 11) is 7.02. The second-order valence-corrected chi connectivity index (χ2v) is 32.4. The first-order chi connectivity index (χ1) is 68.2. The number of ether oxygens (including phenoxy) is 5. The molecule has 5 heterocycles. The van der Waals surface area contributed by atoms with Crippen LogP contribution in [-0.2, 0) is 269 Å². The van der Waals surface area contributed by atoms with Gasteiger partial charge >= 0.3 is 59.3 Å². The van der Waals surface area contributed by atoms with Crippen LogP contribution in [0.4, 0.5) is 96.6 Å². The third-order valence-corrected chi connectivity index (χ3v) is 22.1. The van der Waals surface area contributed by atoms with Crippen molar-refractivity contribution in [3.05, 3.63) is 347 Å². The van der Waals surface area contributed by atoms with Gasteiger partial charge in [-0.15, -0.1) is 30.3 Å². The molecule has 57 heteroatoms. The molecule has 0 spiro atoms. The predicted molar refractivity (Wildman–Crippen MR) is 463 cm³/mol. The standard InChI is InChI=1S/C19H13F6N4O2.C19H15F4N4O2.2C19H17F4N4O2.C17H13F4N4O2.5Y/c1-28-17(30)29(27-26-28)15-4-2-3-11(14-8-18(14,21)22)12(15)9-31-16-7-10(20)5-6-13(16)19(23,24)25;1-26-18(28)27(25-24-26)16-4-2-3-13(11-5-6-11)14(16)10-29-17-9-12(20)7-8-15(17)19(21,22)23;1-11(2)13-5-4-6-16(27-18(28)26(3)24-25-27)14(13)10-29-17-9-12(20)7-8-15(17)19(21,22)23;1-3-5-12-6-4-7-16(27-18(28)26(2)24-25-27)14(12)11-29-17-10-13(20)8-9-15(17)19(21,22)23;1-10-4-3-5-14(25-16(26)24(2)22-23-25)12(10)9-27-15-8-11(18)6-7-13(15)17(19,20)21;;;;;/h2-4,6-7,14H,8-9H2,1H3;2-4,8-9,11H,5-6,10H2,1H3;4-6,8-9,11H,10H2,1-3H3;4,6-7,9-10H,3,5,11H2,1-2H3;3-5,7-8H,9H2,1-2H3;;;;;/q5*-1;;;;;. The largest absolute Gasteiger partial charge is 0.514 e. The molecule has 1 unspecified atom stereocenters. The summed E-state index contributed by atoms with van der Waals surface area (Å²) in [6.07, 6.45) is -21.0. The monoisotopic (exact) mass is 2490 g/mol. The van der Waals surface area contributed by atoms with Crippen LogP contribution in [0.3, 0.4) is 0 Å². The Morgan fingerprint density at radius 1 is 0.353 bits per heavy atom. The van der Waals surface area contributed by atoms with E-state index < -0.39 is 170 Å². The molecule has 2 fully saturated rings. The SMILES string of the molecule is CC(C)c1cccc(-n2nnn(C)c2=O)c1COc1cc(F)[c-]cc1C(F)(F)F.CCCc1cccc(-n2nnn(C)c2=O)c1COc1cc(F)[c-]cc1C(F)(F)F.Cc1cccc(-n2nnn(C)c2=O)c1COc1cc(F)[c-]cc1C(F)(F)F.Cn1nnn(-c2cccc(C3CC3(F)F)c2COc2cc(F)[c-]cc2C(F)(F)F)c1=O.Cn1nnn(-c2cccc(C3CC3)c2COc2cc(F)[c-]cc2C(F)(F)F)c1=O.[Y].[Y].[Y].[Y].[Y]. The van der Waals surface area contributed by atoms with Crippen molar-refractivity contribution in [2.45, 2.75) is 147 Å². The Morgan fingerprint density at radius 3 is 0.873 bits per heavy atom. The zero-order valence-electron chi connectivity index (χ0n) is 79.5. The number of hydrogen-bond acceptors (Lipinski definition) is 20. The average molecular weight is 2500 g/mol. The van der Waals surface area contributed by atoms with Crippen LogP contribution in [0.5, 0.6) is 28.7 Å². The molecule has 2 saturated carbocycles. The van der Waals surface area contributed by atoms with Crippen LogP contribution in [-0.4, -0.2) is 105 Å². The van der Waals surface area contributed by atoms with Crippen LogP contribution in [0, 0.1) is 66.3 Å². The van der Waals surface area contributed by atoms with E-state index in [9.17, 15) is 121 Å². The maximum absolute atomic E-state index is 13.8. The summed E-state index contributed by atoms with van der Waals surface area (Å²) in [5.41, 5.74) is -2.22. The first-order valence-corrected chi connectivity index (χ1v) is 42.7. The van der Waals surface area contributed by atoms with Gasteiger partial charge in [-0.05, 0) is 176 Å². The van der Waals surface area contributed by atoms with Gasteiger partial charge in [-0.2, -0.15) is 143 Å². The van der Waals surface area contributed by atoms with Crippen LogP contribution in [0.25, 0.3) is 28.4 Å². The van der Waals surface area contributed by atoms with Crippen molar-refractivity contribution in [2.24, 2.45) is 35.2 Å². The fourth-order valence-electron chi connectivity index (χ4n) is 14.6. The Hall–Kier alpha value is -10.5. The average Bonchev–Trinajstić information content (AvgIpc) is 1.59. The van der Waals surface area contributed by atoms with E-state index in [0.29, 0.717) is 118 Å². The number of nitrogens with zero attached hydrogens (tertiary/aromatic N) is 20. The predicted octanol–water partition coefficient (Wildman–Crippen LogP) is 16.9. The van der Waals surface area contributed by atoms with Crippen molar-refractivity contribution in [3.8, 4) is 57.2 Å². The van der Waals surface area contributed by atoms with Crippen LogP contribution in [0.2, 0.25) is 0 Å². The number of halogens is 22. The molecule has 17 rings (SSSR count). The molecular formula is C93H75F22N20O10Y5-5. The normalized spacial score (nSPS) is 13.0. The summed E-state index contributed by atoms with van der Waals surface area (Å²) in [4.78, 5) is 61.2.